The Morgan fingerprint density at radius 2 is 1.75 bits per heavy atom. The maximum absolute atomic E-state index is 9.47. The van der Waals surface area contributed by atoms with Crippen LogP contribution in [0.25, 0.3) is 11.1 Å². The van der Waals surface area contributed by atoms with Crippen molar-refractivity contribution in [1.82, 2.24) is 0 Å². The number of hydrogen-bond acceptors (Lipinski definition) is 1. The second-order valence-electron chi connectivity index (χ2n) is 3.98. The van der Waals surface area contributed by atoms with Crippen molar-refractivity contribution >= 4 is 11.6 Å². The summed E-state index contributed by atoms with van der Waals surface area (Å²) in [6.45, 7) is 3.89. The first-order valence-electron chi connectivity index (χ1n) is 5.14. The Labute approximate surface area is 100 Å². The molecule has 0 saturated carbocycles. The number of benzene rings is 2. The summed E-state index contributed by atoms with van der Waals surface area (Å²) in [4.78, 5) is 0. The molecule has 2 aromatic rings. The average Bonchev–Trinajstić information content (AvgIpc) is 2.22. The highest BCUT2D eigenvalue weighted by Gasteiger charge is 2.05. The third kappa shape index (κ3) is 2.05. The predicted octanol–water partition coefficient (Wildman–Crippen LogP) is 4.33. The number of aryl methyl sites for hydroxylation is 2. The van der Waals surface area contributed by atoms with Crippen LogP contribution in [0, 0.1) is 13.8 Å². The largest absolute Gasteiger partial charge is 0.508 e. The summed E-state index contributed by atoms with van der Waals surface area (Å²) in [6.07, 6.45) is 0. The zero-order chi connectivity index (χ0) is 11.7. The molecule has 0 bridgehead atoms. The molecule has 82 valence electrons. The number of hydrogen-bond donors (Lipinski definition) is 1. The minimum absolute atomic E-state index is 0.312. The summed E-state index contributed by atoms with van der Waals surface area (Å²) in [5.41, 5.74) is 4.02. The van der Waals surface area contributed by atoms with Crippen LogP contribution in [0.3, 0.4) is 0 Å². The van der Waals surface area contributed by atoms with Gasteiger partial charge in [0, 0.05) is 10.6 Å². The van der Waals surface area contributed by atoms with Crippen LogP contribution in [0.2, 0.25) is 5.02 Å². The topological polar surface area (TPSA) is 20.2 Å². The van der Waals surface area contributed by atoms with E-state index in [1.54, 1.807) is 6.07 Å². The fraction of sp³-hybridized carbons (Fsp3) is 0.143. The summed E-state index contributed by atoms with van der Waals surface area (Å²) < 4.78 is 0. The Hall–Kier alpha value is -1.47. The van der Waals surface area contributed by atoms with Gasteiger partial charge in [0.05, 0.1) is 0 Å². The Morgan fingerprint density at radius 3 is 2.38 bits per heavy atom. The smallest absolute Gasteiger partial charge is 0.118 e. The summed E-state index contributed by atoms with van der Waals surface area (Å²) in [6, 6.07) is 11.5. The standard InChI is InChI=1S/C14H13ClO/c1-9-3-5-12(13(15)7-9)11-4-6-14(16)10(2)8-11/h3-8,16H,1-2H3. The van der Waals surface area contributed by atoms with Gasteiger partial charge in [0.15, 0.2) is 0 Å². The molecule has 0 radical (unpaired) electrons. The van der Waals surface area contributed by atoms with Crippen LogP contribution in [-0.4, -0.2) is 5.11 Å². The van der Waals surface area contributed by atoms with Crippen LogP contribution in [0.4, 0.5) is 0 Å². The third-order valence-corrected chi connectivity index (χ3v) is 2.95. The van der Waals surface area contributed by atoms with Gasteiger partial charge in [-0.15, -0.1) is 0 Å². The molecule has 0 aliphatic carbocycles. The van der Waals surface area contributed by atoms with Crippen LogP contribution in [0.5, 0.6) is 5.75 Å². The SMILES string of the molecule is Cc1ccc(-c2ccc(O)c(C)c2)c(Cl)c1. The molecule has 2 aromatic carbocycles. The lowest BCUT2D eigenvalue weighted by Gasteiger charge is -2.07. The molecule has 0 aromatic heterocycles. The van der Waals surface area contributed by atoms with Crippen molar-refractivity contribution < 1.29 is 5.11 Å². The van der Waals surface area contributed by atoms with Crippen molar-refractivity contribution in [3.05, 3.63) is 52.5 Å². The molecular weight excluding hydrogens is 220 g/mol. The van der Waals surface area contributed by atoms with E-state index in [1.807, 2.05) is 44.2 Å². The van der Waals surface area contributed by atoms with E-state index in [0.29, 0.717) is 5.75 Å². The van der Waals surface area contributed by atoms with E-state index >= 15 is 0 Å². The molecule has 0 unspecified atom stereocenters. The number of phenolic OH excluding ortho intramolecular Hbond substituents is 1. The van der Waals surface area contributed by atoms with E-state index in [2.05, 4.69) is 0 Å². The summed E-state index contributed by atoms with van der Waals surface area (Å²) >= 11 is 6.19. The van der Waals surface area contributed by atoms with Crippen molar-refractivity contribution in [2.24, 2.45) is 0 Å². The summed E-state index contributed by atoms with van der Waals surface area (Å²) in [7, 11) is 0. The van der Waals surface area contributed by atoms with Crippen LogP contribution in [0.15, 0.2) is 36.4 Å². The highest BCUT2D eigenvalue weighted by Crippen LogP contribution is 2.31. The van der Waals surface area contributed by atoms with Gasteiger partial charge in [-0.25, -0.2) is 0 Å². The molecule has 0 fully saturated rings. The van der Waals surface area contributed by atoms with Gasteiger partial charge < -0.3 is 5.11 Å². The van der Waals surface area contributed by atoms with Gasteiger partial charge in [-0.05, 0) is 48.7 Å². The van der Waals surface area contributed by atoms with E-state index in [4.69, 9.17) is 11.6 Å². The van der Waals surface area contributed by atoms with Crippen molar-refractivity contribution in [3.8, 4) is 16.9 Å². The molecule has 0 aliphatic heterocycles. The zero-order valence-corrected chi connectivity index (χ0v) is 10.0. The molecule has 0 saturated heterocycles. The minimum Gasteiger partial charge on any atom is -0.508 e. The average molecular weight is 233 g/mol. The van der Waals surface area contributed by atoms with Crippen LogP contribution >= 0.6 is 11.6 Å². The van der Waals surface area contributed by atoms with Crippen LogP contribution < -0.4 is 0 Å². The Balaban J connectivity index is 2.54. The van der Waals surface area contributed by atoms with E-state index in [0.717, 1.165) is 27.3 Å². The fourth-order valence-corrected chi connectivity index (χ4v) is 2.02. The highest BCUT2D eigenvalue weighted by molar-refractivity contribution is 6.33. The first-order chi connectivity index (χ1) is 7.58. The van der Waals surface area contributed by atoms with E-state index < -0.39 is 0 Å². The fourth-order valence-electron chi connectivity index (χ4n) is 1.68. The van der Waals surface area contributed by atoms with Gasteiger partial charge >= 0.3 is 0 Å². The highest BCUT2D eigenvalue weighted by atomic mass is 35.5. The van der Waals surface area contributed by atoms with Gasteiger partial charge in [-0.1, -0.05) is 29.8 Å². The maximum Gasteiger partial charge on any atom is 0.118 e. The van der Waals surface area contributed by atoms with E-state index in [-0.39, 0.29) is 0 Å². The lowest BCUT2D eigenvalue weighted by Crippen LogP contribution is -1.83. The quantitative estimate of drug-likeness (QED) is 0.776. The number of rotatable bonds is 1. The predicted molar refractivity (Wildman–Crippen MR) is 68.0 cm³/mol. The van der Waals surface area contributed by atoms with Gasteiger partial charge in [-0.2, -0.15) is 0 Å². The van der Waals surface area contributed by atoms with Crippen molar-refractivity contribution in [2.75, 3.05) is 0 Å². The lowest BCUT2D eigenvalue weighted by molar-refractivity contribution is 0.471. The maximum atomic E-state index is 9.47. The number of phenols is 1. The van der Waals surface area contributed by atoms with E-state index in [9.17, 15) is 5.11 Å². The summed E-state index contributed by atoms with van der Waals surface area (Å²) in [5.74, 6) is 0.312. The Bertz CT molecular complexity index is 532. The van der Waals surface area contributed by atoms with Gasteiger partial charge in [0.2, 0.25) is 0 Å². The molecule has 0 amide bonds. The number of halogens is 1. The lowest BCUT2D eigenvalue weighted by atomic mass is 10.0. The molecule has 1 nitrogen and oxygen atoms in total. The molecule has 0 heterocycles. The monoisotopic (exact) mass is 232 g/mol. The zero-order valence-electron chi connectivity index (χ0n) is 9.29. The van der Waals surface area contributed by atoms with Gasteiger partial charge in [0.25, 0.3) is 0 Å². The molecule has 2 heteroatoms. The van der Waals surface area contributed by atoms with Gasteiger partial charge in [0.1, 0.15) is 5.75 Å². The second kappa shape index (κ2) is 4.18. The van der Waals surface area contributed by atoms with Crippen molar-refractivity contribution in [3.63, 3.8) is 0 Å². The molecule has 0 atom stereocenters. The van der Waals surface area contributed by atoms with Crippen molar-refractivity contribution in [1.29, 1.82) is 0 Å². The third-order valence-electron chi connectivity index (χ3n) is 2.63. The van der Waals surface area contributed by atoms with Gasteiger partial charge in [-0.3, -0.25) is 0 Å². The Morgan fingerprint density at radius 1 is 1.00 bits per heavy atom. The normalized spacial score (nSPS) is 10.4. The Kier molecular flexibility index (Phi) is 2.88. The van der Waals surface area contributed by atoms with Crippen LogP contribution in [-0.2, 0) is 0 Å². The molecule has 0 aliphatic rings. The second-order valence-corrected chi connectivity index (χ2v) is 4.39. The first-order valence-corrected chi connectivity index (χ1v) is 5.52. The summed E-state index contributed by atoms with van der Waals surface area (Å²) in [5, 5.41) is 10.2. The van der Waals surface area contributed by atoms with Crippen molar-refractivity contribution in [2.45, 2.75) is 13.8 Å². The molecule has 2 rings (SSSR count). The van der Waals surface area contributed by atoms with Crippen LogP contribution in [0.1, 0.15) is 11.1 Å². The minimum atomic E-state index is 0.312. The molecule has 1 N–H and O–H groups in total. The molecular formula is C14H13ClO. The number of aromatic hydroxyl groups is 1. The molecule has 0 spiro atoms. The van der Waals surface area contributed by atoms with E-state index in [1.165, 1.54) is 0 Å². The molecule has 16 heavy (non-hydrogen) atoms. The first kappa shape index (κ1) is 11.0.